The van der Waals surface area contributed by atoms with Gasteiger partial charge in [-0.25, -0.2) is 0 Å². The Balaban J connectivity index is 2.04. The molecular weight excluding hydrogens is 236 g/mol. The lowest BCUT2D eigenvalue weighted by Crippen LogP contribution is -2.44. The van der Waals surface area contributed by atoms with E-state index in [1.807, 2.05) is 12.1 Å². The molecule has 0 spiro atoms. The number of benzene rings is 1. The molecule has 1 heterocycles. The highest BCUT2D eigenvalue weighted by Crippen LogP contribution is 2.20. The quantitative estimate of drug-likeness (QED) is 0.825. The zero-order chi connectivity index (χ0) is 12.4. The first kappa shape index (κ1) is 12.7. The van der Waals surface area contributed by atoms with Crippen LogP contribution in [0.25, 0.3) is 0 Å². The van der Waals surface area contributed by atoms with Crippen molar-refractivity contribution < 1.29 is 4.74 Å². The zero-order valence-electron chi connectivity index (χ0n) is 10.3. The van der Waals surface area contributed by atoms with Gasteiger partial charge in [0.25, 0.3) is 0 Å². The molecule has 0 amide bonds. The van der Waals surface area contributed by atoms with Crippen molar-refractivity contribution in [3.8, 4) is 0 Å². The molecule has 2 N–H and O–H groups in total. The van der Waals surface area contributed by atoms with Crippen LogP contribution < -0.4 is 5.73 Å². The Bertz CT molecular complexity index is 367. The first-order valence-corrected chi connectivity index (χ1v) is 6.33. The van der Waals surface area contributed by atoms with Crippen LogP contribution in [-0.4, -0.2) is 30.2 Å². The Kier molecular flexibility index (Phi) is 3.92. The van der Waals surface area contributed by atoms with E-state index in [2.05, 4.69) is 18.7 Å². The molecule has 94 valence electrons. The van der Waals surface area contributed by atoms with Gasteiger partial charge in [0.15, 0.2) is 0 Å². The second kappa shape index (κ2) is 5.25. The van der Waals surface area contributed by atoms with E-state index < -0.39 is 0 Å². The number of halogens is 1. The third kappa shape index (κ3) is 3.60. The van der Waals surface area contributed by atoms with Gasteiger partial charge in [0.05, 0.1) is 12.2 Å². The third-order valence-corrected chi connectivity index (χ3v) is 3.10. The molecule has 1 fully saturated rings. The van der Waals surface area contributed by atoms with Gasteiger partial charge in [-0.05, 0) is 37.6 Å². The minimum Gasteiger partial charge on any atom is -0.399 e. The maximum atomic E-state index is 6.00. The molecular formula is C13H19ClN2O. The fourth-order valence-corrected chi connectivity index (χ4v) is 2.70. The van der Waals surface area contributed by atoms with E-state index in [1.165, 1.54) is 0 Å². The van der Waals surface area contributed by atoms with Crippen molar-refractivity contribution in [1.82, 2.24) is 4.90 Å². The van der Waals surface area contributed by atoms with E-state index >= 15 is 0 Å². The van der Waals surface area contributed by atoms with Crippen molar-refractivity contribution in [3.05, 3.63) is 28.8 Å². The number of morpholine rings is 1. The molecule has 1 aromatic carbocycles. The van der Waals surface area contributed by atoms with Gasteiger partial charge in [0, 0.05) is 30.3 Å². The van der Waals surface area contributed by atoms with Gasteiger partial charge in [-0.3, -0.25) is 4.90 Å². The van der Waals surface area contributed by atoms with Crippen LogP contribution >= 0.6 is 11.6 Å². The molecule has 0 bridgehead atoms. The molecule has 2 unspecified atom stereocenters. The SMILES string of the molecule is CC1CN(Cc2cc(N)cc(Cl)c2)CC(C)O1. The van der Waals surface area contributed by atoms with Crippen LogP contribution in [-0.2, 0) is 11.3 Å². The number of nitrogens with two attached hydrogens (primary N) is 1. The second-order valence-corrected chi connectivity index (χ2v) is 5.28. The van der Waals surface area contributed by atoms with Gasteiger partial charge in [0.2, 0.25) is 0 Å². The standard InChI is InChI=1S/C13H19ClN2O/c1-9-6-16(7-10(2)17-9)8-11-3-12(14)5-13(15)4-11/h3-5,9-10H,6-8,15H2,1-2H3. The van der Waals surface area contributed by atoms with Gasteiger partial charge >= 0.3 is 0 Å². The van der Waals surface area contributed by atoms with Crippen LogP contribution in [0, 0.1) is 0 Å². The Labute approximate surface area is 107 Å². The van der Waals surface area contributed by atoms with Crippen LogP contribution in [0.2, 0.25) is 5.02 Å². The Morgan fingerprint density at radius 2 is 1.94 bits per heavy atom. The van der Waals surface area contributed by atoms with Crippen LogP contribution in [0.3, 0.4) is 0 Å². The summed E-state index contributed by atoms with van der Waals surface area (Å²) in [6, 6.07) is 5.73. The summed E-state index contributed by atoms with van der Waals surface area (Å²) in [6.45, 7) is 7.00. The Morgan fingerprint density at radius 1 is 1.29 bits per heavy atom. The summed E-state index contributed by atoms with van der Waals surface area (Å²) in [5, 5.41) is 0.703. The normalized spacial score (nSPS) is 26.1. The molecule has 1 aliphatic rings. The highest BCUT2D eigenvalue weighted by molar-refractivity contribution is 6.30. The lowest BCUT2D eigenvalue weighted by atomic mass is 10.1. The monoisotopic (exact) mass is 254 g/mol. The number of hydrogen-bond donors (Lipinski definition) is 1. The van der Waals surface area contributed by atoms with Crippen LogP contribution in [0.4, 0.5) is 5.69 Å². The van der Waals surface area contributed by atoms with Gasteiger partial charge in [-0.2, -0.15) is 0 Å². The highest BCUT2D eigenvalue weighted by Gasteiger charge is 2.22. The van der Waals surface area contributed by atoms with Crippen molar-refractivity contribution in [2.24, 2.45) is 0 Å². The number of anilines is 1. The van der Waals surface area contributed by atoms with Crippen LogP contribution in [0.1, 0.15) is 19.4 Å². The molecule has 4 heteroatoms. The van der Waals surface area contributed by atoms with Crippen LogP contribution in [0.15, 0.2) is 18.2 Å². The maximum absolute atomic E-state index is 6.00. The highest BCUT2D eigenvalue weighted by atomic mass is 35.5. The predicted molar refractivity (Wildman–Crippen MR) is 71.2 cm³/mol. The van der Waals surface area contributed by atoms with E-state index in [0.29, 0.717) is 5.02 Å². The van der Waals surface area contributed by atoms with Gasteiger partial charge < -0.3 is 10.5 Å². The molecule has 1 aromatic rings. The molecule has 1 aliphatic heterocycles. The van der Waals surface area contributed by atoms with E-state index in [1.54, 1.807) is 6.07 Å². The summed E-state index contributed by atoms with van der Waals surface area (Å²) in [6.07, 6.45) is 0.575. The van der Waals surface area contributed by atoms with E-state index in [-0.39, 0.29) is 12.2 Å². The largest absolute Gasteiger partial charge is 0.399 e. The van der Waals surface area contributed by atoms with Crippen molar-refractivity contribution in [3.63, 3.8) is 0 Å². The minimum absolute atomic E-state index is 0.287. The number of rotatable bonds is 2. The first-order valence-electron chi connectivity index (χ1n) is 5.95. The fraction of sp³-hybridized carbons (Fsp3) is 0.538. The predicted octanol–water partition coefficient (Wildman–Crippen LogP) is 2.53. The number of nitrogen functional groups attached to an aromatic ring is 1. The molecule has 2 atom stereocenters. The summed E-state index contributed by atoms with van der Waals surface area (Å²) >= 11 is 6.00. The summed E-state index contributed by atoms with van der Waals surface area (Å²) in [7, 11) is 0. The molecule has 0 radical (unpaired) electrons. The van der Waals surface area contributed by atoms with E-state index in [0.717, 1.165) is 30.9 Å². The third-order valence-electron chi connectivity index (χ3n) is 2.88. The molecule has 0 aromatic heterocycles. The second-order valence-electron chi connectivity index (χ2n) is 4.84. The van der Waals surface area contributed by atoms with Gasteiger partial charge in [-0.15, -0.1) is 0 Å². The van der Waals surface area contributed by atoms with Crippen molar-refractivity contribution >= 4 is 17.3 Å². The Hall–Kier alpha value is -0.770. The molecule has 0 saturated carbocycles. The number of hydrogen-bond acceptors (Lipinski definition) is 3. The lowest BCUT2D eigenvalue weighted by Gasteiger charge is -2.35. The van der Waals surface area contributed by atoms with Crippen molar-refractivity contribution in [2.45, 2.75) is 32.6 Å². The van der Waals surface area contributed by atoms with Crippen molar-refractivity contribution in [2.75, 3.05) is 18.8 Å². The summed E-state index contributed by atoms with van der Waals surface area (Å²) in [5.74, 6) is 0. The zero-order valence-corrected chi connectivity index (χ0v) is 11.1. The van der Waals surface area contributed by atoms with Crippen LogP contribution in [0.5, 0.6) is 0 Å². The van der Waals surface area contributed by atoms with E-state index in [9.17, 15) is 0 Å². The smallest absolute Gasteiger partial charge is 0.0678 e. The molecule has 3 nitrogen and oxygen atoms in total. The first-order chi connectivity index (χ1) is 8.02. The molecule has 0 aliphatic carbocycles. The van der Waals surface area contributed by atoms with Gasteiger partial charge in [0.1, 0.15) is 0 Å². The lowest BCUT2D eigenvalue weighted by molar-refractivity contribution is -0.0704. The topological polar surface area (TPSA) is 38.5 Å². The molecule has 1 saturated heterocycles. The van der Waals surface area contributed by atoms with Crippen molar-refractivity contribution in [1.29, 1.82) is 0 Å². The number of nitrogens with zero attached hydrogens (tertiary/aromatic N) is 1. The van der Waals surface area contributed by atoms with Gasteiger partial charge in [-0.1, -0.05) is 11.6 Å². The average molecular weight is 255 g/mol. The van der Waals surface area contributed by atoms with E-state index in [4.69, 9.17) is 22.1 Å². The fourth-order valence-electron chi connectivity index (χ4n) is 2.44. The minimum atomic E-state index is 0.287. The summed E-state index contributed by atoms with van der Waals surface area (Å²) in [5.41, 5.74) is 7.68. The summed E-state index contributed by atoms with van der Waals surface area (Å²) in [4.78, 5) is 2.38. The summed E-state index contributed by atoms with van der Waals surface area (Å²) < 4.78 is 5.71. The Morgan fingerprint density at radius 3 is 2.53 bits per heavy atom. The maximum Gasteiger partial charge on any atom is 0.0678 e. The number of ether oxygens (including phenoxy) is 1. The molecule has 17 heavy (non-hydrogen) atoms. The average Bonchev–Trinajstić information content (AvgIpc) is 2.13. The molecule has 2 rings (SSSR count).